The highest BCUT2D eigenvalue weighted by atomic mass is 16.5. The zero-order valence-corrected chi connectivity index (χ0v) is 17.9. The molecule has 7 heteroatoms. The van der Waals surface area contributed by atoms with Crippen LogP contribution in [0.4, 0.5) is 0 Å². The van der Waals surface area contributed by atoms with Crippen molar-refractivity contribution in [3.05, 3.63) is 64.5 Å². The molecule has 1 aliphatic heterocycles. The highest BCUT2D eigenvalue weighted by molar-refractivity contribution is 5.99. The Morgan fingerprint density at radius 3 is 2.77 bits per heavy atom. The maximum atomic E-state index is 12.3. The number of nitrogens with one attached hydrogen (secondary N) is 1. The van der Waals surface area contributed by atoms with Gasteiger partial charge in [0.25, 0.3) is 5.91 Å². The number of benzene rings is 1. The van der Waals surface area contributed by atoms with Crippen LogP contribution in [0.15, 0.2) is 42.0 Å². The second-order valence-corrected chi connectivity index (χ2v) is 7.58. The summed E-state index contributed by atoms with van der Waals surface area (Å²) >= 11 is 0. The highest BCUT2D eigenvalue weighted by Gasteiger charge is 2.20. The van der Waals surface area contributed by atoms with Gasteiger partial charge < -0.3 is 19.4 Å². The molecule has 0 unspecified atom stereocenters. The smallest absolute Gasteiger partial charge is 0.349 e. The number of esters is 1. The van der Waals surface area contributed by atoms with Crippen LogP contribution in [0, 0.1) is 25.2 Å². The van der Waals surface area contributed by atoms with E-state index in [1.807, 2.05) is 56.3 Å². The van der Waals surface area contributed by atoms with Crippen molar-refractivity contribution in [3.8, 4) is 6.07 Å². The van der Waals surface area contributed by atoms with Gasteiger partial charge in [-0.25, -0.2) is 4.79 Å². The van der Waals surface area contributed by atoms with Crippen molar-refractivity contribution >= 4 is 18.0 Å². The van der Waals surface area contributed by atoms with E-state index in [0.29, 0.717) is 6.54 Å². The number of ether oxygens (including phenoxy) is 2. The maximum Gasteiger partial charge on any atom is 0.349 e. The Labute approximate surface area is 182 Å². The Bertz CT molecular complexity index is 996. The second kappa shape index (κ2) is 10.6. The minimum Gasteiger partial charge on any atom is -0.451 e. The second-order valence-electron chi connectivity index (χ2n) is 7.58. The van der Waals surface area contributed by atoms with E-state index in [4.69, 9.17) is 9.47 Å². The van der Waals surface area contributed by atoms with Gasteiger partial charge in [-0.3, -0.25) is 4.79 Å². The summed E-state index contributed by atoms with van der Waals surface area (Å²) in [5.74, 6) is -1.24. The third-order valence-electron chi connectivity index (χ3n) is 5.33. The van der Waals surface area contributed by atoms with Gasteiger partial charge in [0.1, 0.15) is 11.6 Å². The summed E-state index contributed by atoms with van der Waals surface area (Å²) in [6.07, 6.45) is 3.81. The van der Waals surface area contributed by atoms with Crippen LogP contribution in [-0.4, -0.2) is 35.8 Å². The zero-order valence-electron chi connectivity index (χ0n) is 17.9. The van der Waals surface area contributed by atoms with E-state index in [1.165, 1.54) is 6.08 Å². The fourth-order valence-corrected chi connectivity index (χ4v) is 3.60. The number of nitrogens with zero attached hydrogens (tertiary/aromatic N) is 2. The van der Waals surface area contributed by atoms with Gasteiger partial charge in [-0.15, -0.1) is 0 Å². The summed E-state index contributed by atoms with van der Waals surface area (Å²) in [6.45, 7) is 5.38. The van der Waals surface area contributed by atoms with Crippen LogP contribution in [0.3, 0.4) is 0 Å². The van der Waals surface area contributed by atoms with Crippen molar-refractivity contribution in [1.29, 1.82) is 5.26 Å². The van der Waals surface area contributed by atoms with Crippen molar-refractivity contribution in [1.82, 2.24) is 9.88 Å². The lowest BCUT2D eigenvalue weighted by Gasteiger charge is -2.14. The Morgan fingerprint density at radius 2 is 2.10 bits per heavy atom. The molecule has 1 aliphatic rings. The topological polar surface area (TPSA) is 93.4 Å². The summed E-state index contributed by atoms with van der Waals surface area (Å²) in [5.41, 5.74) is 3.56. The summed E-state index contributed by atoms with van der Waals surface area (Å²) < 4.78 is 12.9. The fraction of sp³-hybridized carbons (Fsp3) is 0.375. The molecule has 2 heterocycles. The third kappa shape index (κ3) is 6.06. The number of carbonyl (C=O) groups excluding carboxylic acids is 2. The summed E-state index contributed by atoms with van der Waals surface area (Å²) in [7, 11) is 0. The number of rotatable bonds is 8. The van der Waals surface area contributed by atoms with Crippen LogP contribution >= 0.6 is 0 Å². The first-order valence-corrected chi connectivity index (χ1v) is 10.4. The fourth-order valence-electron chi connectivity index (χ4n) is 3.60. The molecule has 1 amide bonds. The van der Waals surface area contributed by atoms with Crippen LogP contribution in [0.25, 0.3) is 6.08 Å². The molecular weight excluding hydrogens is 394 g/mol. The molecular formula is C24H27N3O4. The minimum atomic E-state index is -0.818. The van der Waals surface area contributed by atoms with Gasteiger partial charge in [0, 0.05) is 31.1 Å². The largest absolute Gasteiger partial charge is 0.451 e. The van der Waals surface area contributed by atoms with Crippen molar-refractivity contribution in [2.24, 2.45) is 0 Å². The molecule has 1 fully saturated rings. The lowest BCUT2D eigenvalue weighted by atomic mass is 10.1. The Hall–Kier alpha value is -3.37. The number of carbonyl (C=O) groups is 2. The quantitative estimate of drug-likeness (QED) is 0.402. The molecule has 0 bridgehead atoms. The SMILES string of the molecule is Cc1cc(/C=C(\C#N)C(=O)OCC(=O)NCc2ccccc2)c(C)n1C[C@H]1CCCO1. The molecule has 0 aliphatic carbocycles. The summed E-state index contributed by atoms with van der Waals surface area (Å²) in [5, 5.41) is 12.1. The number of hydrogen-bond donors (Lipinski definition) is 1. The first kappa shape index (κ1) is 22.3. The number of aromatic nitrogens is 1. The van der Waals surface area contributed by atoms with E-state index in [1.54, 1.807) is 0 Å². The van der Waals surface area contributed by atoms with Gasteiger partial charge in [0.15, 0.2) is 6.61 Å². The molecule has 0 saturated carbocycles. The standard InChI is InChI=1S/C24H27N3O4/c1-17-11-20(18(2)27(17)15-22-9-6-10-30-22)12-21(13-25)24(29)31-16-23(28)26-14-19-7-4-3-5-8-19/h3-5,7-8,11-12,22H,6,9-10,14-16H2,1-2H3,(H,26,28)/b21-12+/t22-/m1/s1. The number of nitriles is 1. The molecule has 3 rings (SSSR count). The molecule has 1 aromatic heterocycles. The van der Waals surface area contributed by atoms with Gasteiger partial charge in [-0.1, -0.05) is 30.3 Å². The van der Waals surface area contributed by atoms with Crippen LogP contribution in [0.5, 0.6) is 0 Å². The molecule has 1 aromatic carbocycles. The van der Waals surface area contributed by atoms with Crippen LogP contribution in [0.2, 0.25) is 0 Å². The monoisotopic (exact) mass is 421 g/mol. The summed E-state index contributed by atoms with van der Waals surface area (Å²) in [4.78, 5) is 24.3. The highest BCUT2D eigenvalue weighted by Crippen LogP contribution is 2.22. The molecule has 7 nitrogen and oxygen atoms in total. The van der Waals surface area contributed by atoms with Gasteiger partial charge in [0.2, 0.25) is 0 Å². The first-order chi connectivity index (χ1) is 15.0. The van der Waals surface area contributed by atoms with E-state index < -0.39 is 18.5 Å². The van der Waals surface area contributed by atoms with E-state index in [-0.39, 0.29) is 11.7 Å². The van der Waals surface area contributed by atoms with Crippen molar-refractivity contribution < 1.29 is 19.1 Å². The van der Waals surface area contributed by atoms with Crippen LogP contribution in [0.1, 0.15) is 35.4 Å². The lowest BCUT2D eigenvalue weighted by molar-refractivity contribution is -0.144. The molecule has 1 N–H and O–H groups in total. The number of aryl methyl sites for hydroxylation is 1. The maximum absolute atomic E-state index is 12.3. The predicted octanol–water partition coefficient (Wildman–Crippen LogP) is 3.05. The Kier molecular flexibility index (Phi) is 7.63. The molecule has 1 saturated heterocycles. The van der Waals surface area contributed by atoms with E-state index >= 15 is 0 Å². The average Bonchev–Trinajstić information content (AvgIpc) is 3.39. The van der Waals surface area contributed by atoms with Crippen LogP contribution in [-0.2, 0) is 32.2 Å². The Morgan fingerprint density at radius 1 is 1.32 bits per heavy atom. The van der Waals surface area contributed by atoms with Crippen molar-refractivity contribution in [3.63, 3.8) is 0 Å². The zero-order chi connectivity index (χ0) is 22.2. The molecule has 1 atom stereocenters. The Balaban J connectivity index is 1.58. The van der Waals surface area contributed by atoms with Gasteiger partial charge in [-0.05, 0) is 50.0 Å². The number of amides is 1. The summed E-state index contributed by atoms with van der Waals surface area (Å²) in [6, 6.07) is 13.2. The molecule has 2 aromatic rings. The molecule has 162 valence electrons. The predicted molar refractivity (Wildman–Crippen MR) is 116 cm³/mol. The van der Waals surface area contributed by atoms with Gasteiger partial charge in [-0.2, -0.15) is 5.26 Å². The first-order valence-electron chi connectivity index (χ1n) is 10.4. The van der Waals surface area contributed by atoms with E-state index in [2.05, 4.69) is 9.88 Å². The number of hydrogen-bond acceptors (Lipinski definition) is 5. The lowest BCUT2D eigenvalue weighted by Crippen LogP contribution is -2.28. The van der Waals surface area contributed by atoms with Crippen molar-refractivity contribution in [2.75, 3.05) is 13.2 Å². The normalized spacial score (nSPS) is 16.0. The molecule has 0 radical (unpaired) electrons. The minimum absolute atomic E-state index is 0.145. The molecule has 31 heavy (non-hydrogen) atoms. The van der Waals surface area contributed by atoms with E-state index in [0.717, 1.165) is 48.5 Å². The van der Waals surface area contributed by atoms with E-state index in [9.17, 15) is 14.9 Å². The average molecular weight is 421 g/mol. The van der Waals surface area contributed by atoms with Crippen LogP contribution < -0.4 is 5.32 Å². The van der Waals surface area contributed by atoms with Crippen molar-refractivity contribution in [2.45, 2.75) is 45.9 Å². The molecule has 0 spiro atoms. The third-order valence-corrected chi connectivity index (χ3v) is 5.33. The van der Waals surface area contributed by atoms with Gasteiger partial charge >= 0.3 is 5.97 Å². The van der Waals surface area contributed by atoms with Gasteiger partial charge in [0.05, 0.1) is 6.10 Å².